The maximum Gasteiger partial charge on any atom is 0.0963 e. The number of hydrogen-bond acceptors (Lipinski definition) is 2. The van der Waals surface area contributed by atoms with E-state index in [1.54, 1.807) is 6.07 Å². The molecule has 0 saturated carbocycles. The van der Waals surface area contributed by atoms with E-state index in [-0.39, 0.29) is 12.3 Å². The summed E-state index contributed by atoms with van der Waals surface area (Å²) >= 11 is 12.1. The summed E-state index contributed by atoms with van der Waals surface area (Å²) in [5.74, 6) is 0.0546. The van der Waals surface area contributed by atoms with E-state index in [1.165, 1.54) is 0 Å². The Balaban J connectivity index is 2.14. The summed E-state index contributed by atoms with van der Waals surface area (Å²) in [6.45, 7) is 0. The van der Waals surface area contributed by atoms with Crippen LogP contribution in [0.15, 0.2) is 42.5 Å². The maximum absolute atomic E-state index is 9.71. The molecule has 0 bridgehead atoms. The summed E-state index contributed by atoms with van der Waals surface area (Å²) in [6, 6.07) is 18.0. The van der Waals surface area contributed by atoms with Crippen LogP contribution in [0.3, 0.4) is 0 Å². The third-order valence-corrected chi connectivity index (χ3v) is 5.08. The molecule has 0 radical (unpaired) electrons. The van der Waals surface area contributed by atoms with Gasteiger partial charge in [0.1, 0.15) is 0 Å². The zero-order valence-electron chi connectivity index (χ0n) is 11.7. The Labute approximate surface area is 139 Å². The number of benzene rings is 2. The van der Waals surface area contributed by atoms with Crippen LogP contribution in [-0.4, -0.2) is 0 Å². The lowest BCUT2D eigenvalue weighted by molar-refractivity contribution is 0.532. The van der Waals surface area contributed by atoms with Gasteiger partial charge in [-0.2, -0.15) is 10.5 Å². The number of halogens is 2. The lowest BCUT2D eigenvalue weighted by atomic mass is 9.79. The maximum atomic E-state index is 9.71. The molecule has 0 unspecified atom stereocenters. The molecule has 3 rings (SSSR count). The van der Waals surface area contributed by atoms with Gasteiger partial charge < -0.3 is 0 Å². The fourth-order valence-electron chi connectivity index (χ4n) is 3.28. The Morgan fingerprint density at radius 2 is 1.86 bits per heavy atom. The van der Waals surface area contributed by atoms with Gasteiger partial charge in [0.2, 0.25) is 0 Å². The highest BCUT2D eigenvalue weighted by Gasteiger charge is 2.44. The Bertz CT molecular complexity index is 817. The lowest BCUT2D eigenvalue weighted by Gasteiger charge is -2.19. The van der Waals surface area contributed by atoms with Crippen molar-refractivity contribution >= 4 is 23.2 Å². The zero-order chi connectivity index (χ0) is 15.7. The summed E-state index contributed by atoms with van der Waals surface area (Å²) in [7, 11) is 0. The quantitative estimate of drug-likeness (QED) is 0.761. The largest absolute Gasteiger partial charge is 0.198 e. The second-order valence-corrected chi connectivity index (χ2v) is 6.36. The third-order valence-electron chi connectivity index (χ3n) is 4.35. The van der Waals surface area contributed by atoms with Crippen molar-refractivity contribution in [3.8, 4) is 12.1 Å². The SMILES string of the molecule is N#CC[C@@]1(C#N)C[C@@H](c2ccc(Cl)c(Cl)c2)c2ccccc21. The molecule has 22 heavy (non-hydrogen) atoms. The van der Waals surface area contributed by atoms with Crippen molar-refractivity contribution in [1.29, 1.82) is 10.5 Å². The topological polar surface area (TPSA) is 47.6 Å². The van der Waals surface area contributed by atoms with E-state index in [2.05, 4.69) is 12.1 Å². The van der Waals surface area contributed by atoms with E-state index in [4.69, 9.17) is 28.5 Å². The summed E-state index contributed by atoms with van der Waals surface area (Å²) in [6.07, 6.45) is 0.784. The van der Waals surface area contributed by atoms with Crippen LogP contribution < -0.4 is 0 Å². The first kappa shape index (κ1) is 14.9. The zero-order valence-corrected chi connectivity index (χ0v) is 13.2. The van der Waals surface area contributed by atoms with Crippen LogP contribution in [0.1, 0.15) is 35.4 Å². The Kier molecular flexibility index (Phi) is 3.83. The number of fused-ring (bicyclic) bond motifs is 1. The minimum atomic E-state index is -0.748. The van der Waals surface area contributed by atoms with Crippen molar-refractivity contribution < 1.29 is 0 Å². The molecule has 0 N–H and O–H groups in total. The van der Waals surface area contributed by atoms with E-state index in [0.29, 0.717) is 16.5 Å². The molecule has 0 fully saturated rings. The van der Waals surface area contributed by atoms with Gasteiger partial charge >= 0.3 is 0 Å². The van der Waals surface area contributed by atoms with Crippen LogP contribution in [-0.2, 0) is 5.41 Å². The monoisotopic (exact) mass is 326 g/mol. The van der Waals surface area contributed by atoms with Gasteiger partial charge in [0.15, 0.2) is 0 Å². The summed E-state index contributed by atoms with van der Waals surface area (Å²) in [5, 5.41) is 19.9. The van der Waals surface area contributed by atoms with Crippen LogP contribution in [0.4, 0.5) is 0 Å². The fourth-order valence-corrected chi connectivity index (χ4v) is 3.59. The Hall–Kier alpha value is -2.00. The van der Waals surface area contributed by atoms with Crippen molar-refractivity contribution in [3.05, 3.63) is 69.2 Å². The van der Waals surface area contributed by atoms with E-state index < -0.39 is 5.41 Å². The Morgan fingerprint density at radius 1 is 1.09 bits per heavy atom. The molecular formula is C18H12Cl2N2. The molecule has 2 aromatic carbocycles. The van der Waals surface area contributed by atoms with Crippen LogP contribution in [0.5, 0.6) is 0 Å². The van der Waals surface area contributed by atoms with Gasteiger partial charge in [0.05, 0.1) is 34.0 Å². The molecule has 2 atom stereocenters. The van der Waals surface area contributed by atoms with Crippen molar-refractivity contribution in [3.63, 3.8) is 0 Å². The normalized spacial score (nSPS) is 22.6. The van der Waals surface area contributed by atoms with Gasteiger partial charge in [-0.15, -0.1) is 0 Å². The summed E-state index contributed by atoms with van der Waals surface area (Å²) < 4.78 is 0. The number of hydrogen-bond donors (Lipinski definition) is 0. The highest BCUT2D eigenvalue weighted by molar-refractivity contribution is 6.42. The van der Waals surface area contributed by atoms with Crippen LogP contribution in [0.2, 0.25) is 10.0 Å². The predicted octanol–water partition coefficient (Wildman–Crippen LogP) is 5.20. The van der Waals surface area contributed by atoms with Gasteiger partial charge in [0.25, 0.3) is 0 Å². The molecule has 0 saturated heterocycles. The number of nitrogens with zero attached hydrogens (tertiary/aromatic N) is 2. The van der Waals surface area contributed by atoms with E-state index in [0.717, 1.165) is 16.7 Å². The van der Waals surface area contributed by atoms with Crippen molar-refractivity contribution in [2.24, 2.45) is 0 Å². The molecule has 0 amide bonds. The summed E-state index contributed by atoms with van der Waals surface area (Å²) in [5.41, 5.74) is 2.33. The van der Waals surface area contributed by atoms with Crippen LogP contribution in [0, 0.1) is 22.7 Å². The number of nitriles is 2. The highest BCUT2D eigenvalue weighted by atomic mass is 35.5. The van der Waals surface area contributed by atoms with E-state index in [1.807, 2.05) is 36.4 Å². The van der Waals surface area contributed by atoms with Gasteiger partial charge in [0, 0.05) is 5.92 Å². The van der Waals surface area contributed by atoms with Gasteiger partial charge in [-0.1, -0.05) is 53.5 Å². The molecule has 2 nitrogen and oxygen atoms in total. The van der Waals surface area contributed by atoms with Gasteiger partial charge in [-0.05, 0) is 35.2 Å². The molecular weight excluding hydrogens is 315 g/mol. The molecule has 108 valence electrons. The lowest BCUT2D eigenvalue weighted by Crippen LogP contribution is -2.20. The average molecular weight is 327 g/mol. The Morgan fingerprint density at radius 3 is 2.55 bits per heavy atom. The van der Waals surface area contributed by atoms with Crippen molar-refractivity contribution in [2.45, 2.75) is 24.2 Å². The summed E-state index contributed by atoms with van der Waals surface area (Å²) in [4.78, 5) is 0. The van der Waals surface area contributed by atoms with Gasteiger partial charge in [-0.25, -0.2) is 0 Å². The smallest absolute Gasteiger partial charge is 0.0963 e. The first-order chi connectivity index (χ1) is 10.6. The van der Waals surface area contributed by atoms with Crippen LogP contribution in [0.25, 0.3) is 0 Å². The van der Waals surface area contributed by atoms with E-state index in [9.17, 15) is 5.26 Å². The van der Waals surface area contributed by atoms with Gasteiger partial charge in [-0.3, -0.25) is 0 Å². The average Bonchev–Trinajstić information content (AvgIpc) is 2.86. The van der Waals surface area contributed by atoms with E-state index >= 15 is 0 Å². The second kappa shape index (κ2) is 5.65. The third kappa shape index (κ3) is 2.26. The molecule has 1 aliphatic rings. The highest BCUT2D eigenvalue weighted by Crippen LogP contribution is 2.50. The standard InChI is InChI=1S/C18H12Cl2N2/c19-16-6-5-12(9-17(16)20)14-10-18(11-22,7-8-21)15-4-2-1-3-13(14)15/h1-6,9,14H,7,10H2/t14-,18-/m0/s1. The molecule has 0 aromatic heterocycles. The molecule has 0 aliphatic heterocycles. The molecule has 2 aromatic rings. The molecule has 0 spiro atoms. The first-order valence-corrected chi connectivity index (χ1v) is 7.69. The second-order valence-electron chi connectivity index (χ2n) is 5.55. The minimum absolute atomic E-state index is 0.0546. The van der Waals surface area contributed by atoms with Crippen LogP contribution >= 0.6 is 23.2 Å². The molecule has 0 heterocycles. The fraction of sp³-hybridized carbons (Fsp3) is 0.222. The molecule has 4 heteroatoms. The number of rotatable bonds is 2. The first-order valence-electron chi connectivity index (χ1n) is 6.94. The van der Waals surface area contributed by atoms with Crippen molar-refractivity contribution in [1.82, 2.24) is 0 Å². The minimum Gasteiger partial charge on any atom is -0.198 e. The van der Waals surface area contributed by atoms with Crippen molar-refractivity contribution in [2.75, 3.05) is 0 Å². The molecule has 1 aliphatic carbocycles. The predicted molar refractivity (Wildman–Crippen MR) is 86.9 cm³/mol.